The molecule has 9 aromatic carbocycles. The van der Waals surface area contributed by atoms with E-state index in [4.69, 9.17) is 30.5 Å². The van der Waals surface area contributed by atoms with Crippen molar-refractivity contribution < 1.29 is 114 Å². The third-order valence-electron chi connectivity index (χ3n) is 21.7. The van der Waals surface area contributed by atoms with Crippen molar-refractivity contribution in [2.45, 2.75) is 79.1 Å². The van der Waals surface area contributed by atoms with Gasteiger partial charge in [-0.2, -0.15) is 63.6 Å². The van der Waals surface area contributed by atoms with E-state index in [9.17, 15) is 76.3 Å². The summed E-state index contributed by atoms with van der Waals surface area (Å²) in [5.41, 5.74) is 10.7. The van der Waals surface area contributed by atoms with Gasteiger partial charge >= 0.3 is 56.7 Å². The summed E-state index contributed by atoms with van der Waals surface area (Å²) in [6.07, 6.45) is 2.97. The van der Waals surface area contributed by atoms with Crippen molar-refractivity contribution in [3.8, 4) is 46.0 Å². The van der Waals surface area contributed by atoms with Crippen LogP contribution in [0.4, 0.5) is 150 Å². The summed E-state index contributed by atoms with van der Waals surface area (Å²) in [4.78, 5) is 79.9. The van der Waals surface area contributed by atoms with Gasteiger partial charge in [0.1, 0.15) is 65.0 Å². The Bertz CT molecular complexity index is 7020. The van der Waals surface area contributed by atoms with Crippen molar-refractivity contribution in [3.05, 3.63) is 271 Å². The summed E-state index contributed by atoms with van der Waals surface area (Å²) >= 11 is 6.33. The van der Waals surface area contributed by atoms with Gasteiger partial charge in [0, 0.05) is 115 Å². The molecule has 0 saturated heterocycles. The number of nitrogens with one attached hydrogen (secondary N) is 1. The van der Waals surface area contributed by atoms with E-state index in [1.807, 2.05) is 57.6 Å². The first kappa shape index (κ1) is 96.6. The van der Waals surface area contributed by atoms with E-state index in [1.165, 1.54) is 121 Å². The number of methoxy groups -OCH3 is 1. The molecular formula is C96H80ClF13N18O12. The average molecular weight is 1960 g/mol. The Kier molecular flexibility index (Phi) is 28.7. The number of nitrogens with zero attached hydrogens (tertiary/aromatic N) is 17. The van der Waals surface area contributed by atoms with Crippen LogP contribution in [0.5, 0.6) is 46.0 Å². The number of alkyl halides is 13. The van der Waals surface area contributed by atoms with Crippen molar-refractivity contribution in [3.63, 3.8) is 0 Å². The number of hydrogen-bond donors (Lipinski definition) is 1. The van der Waals surface area contributed by atoms with Crippen LogP contribution in [0, 0.1) is 0 Å². The molecule has 0 bridgehead atoms. The van der Waals surface area contributed by atoms with Gasteiger partial charge in [-0.1, -0.05) is 11.6 Å². The van der Waals surface area contributed by atoms with Gasteiger partial charge in [-0.25, -0.2) is 32.9 Å². The molecule has 0 fully saturated rings. The van der Waals surface area contributed by atoms with E-state index in [0.29, 0.717) is 121 Å². The Morgan fingerprint density at radius 3 is 1.06 bits per heavy atom. The van der Waals surface area contributed by atoms with E-state index in [2.05, 4.69) is 54.5 Å². The molecule has 1 N–H and O–H groups in total. The number of rotatable bonds is 26. The molecule has 724 valence electrons. The maximum absolute atomic E-state index is 13.8. The van der Waals surface area contributed by atoms with Crippen LogP contribution in [0.1, 0.15) is 36.4 Å². The quantitative estimate of drug-likeness (QED) is 0.0493. The minimum atomic E-state index is -4.46. The number of carbonyl (C=O) groups is 4. The first-order chi connectivity index (χ1) is 67.2. The van der Waals surface area contributed by atoms with Crippen molar-refractivity contribution >= 4 is 143 Å². The molecule has 8 amide bonds. The van der Waals surface area contributed by atoms with Crippen molar-refractivity contribution in [2.24, 2.45) is 21.1 Å². The molecular weight excluding hydrogens is 1880 g/mol. The zero-order valence-electron chi connectivity index (χ0n) is 74.4. The lowest BCUT2D eigenvalue weighted by Crippen LogP contribution is -2.45. The minimum Gasteiger partial charge on any atom is -0.497 e. The number of benzene rings is 9. The number of aryl methyl sites for hydroxylation is 3. The second kappa shape index (κ2) is 41.6. The van der Waals surface area contributed by atoms with E-state index in [1.54, 1.807) is 161 Å². The van der Waals surface area contributed by atoms with Crippen LogP contribution >= 0.6 is 11.6 Å². The summed E-state index contributed by atoms with van der Waals surface area (Å²) < 4.78 is 209. The predicted octanol–water partition coefficient (Wildman–Crippen LogP) is 23.2. The normalized spacial score (nSPS) is 13.6. The Morgan fingerprint density at radius 2 is 0.707 bits per heavy atom. The third-order valence-corrected chi connectivity index (χ3v) is 22.0. The Balaban J connectivity index is 0.000000135. The zero-order chi connectivity index (χ0) is 99.1. The fraction of sp³-hybridized carbons (Fsp3) is 0.208. The maximum Gasteiger partial charge on any atom is 0.405 e. The van der Waals surface area contributed by atoms with Gasteiger partial charge in [0.05, 0.1) is 137 Å². The molecule has 0 unspecified atom stereocenters. The number of hydrogen-bond acceptors (Lipinski definition) is 19. The zero-order valence-corrected chi connectivity index (χ0v) is 75.2. The van der Waals surface area contributed by atoms with Crippen LogP contribution in [0.15, 0.2) is 243 Å². The van der Waals surface area contributed by atoms with E-state index >= 15 is 0 Å². The SMILES string of the molecule is CCOc1cnc2c(c1)N(c1ccc(OC(F)F)cc1)C(=O)N(c1ccc(OC)cc1)C2.CCOc1cnc2c(c1)N(c1ccc(OC(F)F)cc1)C(=O)N(c1ccc3nn(C)cc3c1)C2.Cn1cc2cc(N3Cc4cc(Cl)c(OCC(F)F)cc4N(c4ccc(OC(F)F)cc4)C3=O)ccc2n1.Cn1cc2cc(N3Cc4cnc(NCC(F)(F)F)cc4N(c4ccc(OC(F)F)cc4)C3=O)ccc2n1. The molecule has 0 aliphatic carbocycles. The number of ether oxygens (including phenoxy) is 8. The van der Waals surface area contributed by atoms with E-state index in [-0.39, 0.29) is 77.8 Å². The van der Waals surface area contributed by atoms with Gasteiger partial charge < -0.3 is 43.2 Å². The molecule has 10 heterocycles. The topological polar surface area (TPSA) is 272 Å². The average Bonchev–Trinajstić information content (AvgIpc) is 1.32. The number of aromatic nitrogens is 9. The number of carbonyl (C=O) groups excluding carboxylic acids is 4. The molecule has 6 aromatic heterocycles. The summed E-state index contributed by atoms with van der Waals surface area (Å²) in [6.45, 7) is -8.67. The van der Waals surface area contributed by atoms with Crippen LogP contribution in [0.3, 0.4) is 0 Å². The molecule has 0 atom stereocenters. The molecule has 0 spiro atoms. The van der Waals surface area contributed by atoms with Crippen molar-refractivity contribution in [1.82, 2.24) is 44.3 Å². The Morgan fingerprint density at radius 1 is 0.371 bits per heavy atom. The lowest BCUT2D eigenvalue weighted by atomic mass is 10.1. The summed E-state index contributed by atoms with van der Waals surface area (Å²) in [5.74, 6) is 1.46. The Hall–Kier alpha value is -16.5. The first-order valence-corrected chi connectivity index (χ1v) is 42.9. The minimum absolute atomic E-state index is 0.00151. The number of pyridine rings is 3. The molecule has 44 heteroatoms. The van der Waals surface area contributed by atoms with Crippen LogP contribution in [0.25, 0.3) is 32.7 Å². The van der Waals surface area contributed by atoms with Crippen LogP contribution in [0.2, 0.25) is 5.02 Å². The molecule has 0 saturated carbocycles. The number of fused-ring (bicyclic) bond motifs is 7. The van der Waals surface area contributed by atoms with Gasteiger partial charge in [-0.15, -0.1) is 0 Å². The predicted molar refractivity (Wildman–Crippen MR) is 495 cm³/mol. The summed E-state index contributed by atoms with van der Waals surface area (Å²) in [5, 5.41) is 17.9. The number of anilines is 13. The van der Waals surface area contributed by atoms with Gasteiger partial charge in [0.15, 0.2) is 0 Å². The second-order valence-corrected chi connectivity index (χ2v) is 31.5. The highest BCUT2D eigenvalue weighted by molar-refractivity contribution is 6.32. The van der Waals surface area contributed by atoms with E-state index < -0.39 is 64.3 Å². The number of urea groups is 4. The summed E-state index contributed by atoms with van der Waals surface area (Å²) in [6, 6.07) is 52.3. The van der Waals surface area contributed by atoms with Gasteiger partial charge in [0.25, 0.3) is 6.43 Å². The highest BCUT2D eigenvalue weighted by Crippen LogP contribution is 2.47. The molecule has 19 rings (SSSR count). The summed E-state index contributed by atoms with van der Waals surface area (Å²) in [7, 11) is 6.98. The smallest absolute Gasteiger partial charge is 0.405 e. The fourth-order valence-corrected chi connectivity index (χ4v) is 16.0. The lowest BCUT2D eigenvalue weighted by Gasteiger charge is -2.37. The fourth-order valence-electron chi connectivity index (χ4n) is 15.7. The molecule has 140 heavy (non-hydrogen) atoms. The highest BCUT2D eigenvalue weighted by atomic mass is 35.5. The maximum atomic E-state index is 13.8. The van der Waals surface area contributed by atoms with Gasteiger partial charge in [-0.05, 0) is 201 Å². The monoisotopic (exact) mass is 1960 g/mol. The largest absolute Gasteiger partial charge is 0.497 e. The lowest BCUT2D eigenvalue weighted by molar-refractivity contribution is -0.115. The molecule has 4 aliphatic heterocycles. The van der Waals surface area contributed by atoms with E-state index in [0.717, 1.165) is 32.7 Å². The van der Waals surface area contributed by atoms with Crippen molar-refractivity contribution in [2.75, 3.05) is 78.0 Å². The number of amides is 8. The molecule has 15 aromatic rings. The molecule has 4 aliphatic rings. The van der Waals surface area contributed by atoms with Crippen LogP contribution < -0.4 is 82.4 Å². The Labute approximate surface area is 792 Å². The molecule has 30 nitrogen and oxygen atoms in total. The molecule has 0 radical (unpaired) electrons. The number of halogens is 14. The van der Waals surface area contributed by atoms with Gasteiger partial charge in [-0.3, -0.25) is 63.2 Å². The first-order valence-electron chi connectivity index (χ1n) is 42.6. The van der Waals surface area contributed by atoms with Crippen LogP contribution in [-0.4, -0.2) is 141 Å². The highest BCUT2D eigenvalue weighted by Gasteiger charge is 2.40. The third kappa shape index (κ3) is 22.1. The van der Waals surface area contributed by atoms with Gasteiger partial charge in [0.2, 0.25) is 0 Å². The van der Waals surface area contributed by atoms with Crippen LogP contribution in [-0.2, 0) is 47.3 Å². The second-order valence-electron chi connectivity index (χ2n) is 31.1. The van der Waals surface area contributed by atoms with Crippen molar-refractivity contribution in [1.29, 1.82) is 0 Å². The standard InChI is InChI=1S/C25H19ClF4N4O3.C24H19F5N6O2.C24H21F2N5O3.C23H21F2N3O4/c1-32-11-14-8-17(4-7-20(14)31-32)33-12-15-9-19(26)22(36-13-23(27)28)10-21(15)34(25(33)35)16-2-5-18(6-3-16)37-24(29)30;1-33-11-14-8-17(4-7-19(14)32-33)34-12-15-10-30-21(31-13-24(27,28)29)9-20(15)35(23(34)36)16-2-5-18(6-3-16)37-22(25)26;1-3-33-19-11-22-21(27-12-19)14-30(17-6-9-20-15(10-17)13-29(2)28-20)24(32)31(22)16-4-7-18(8-5-16)34-23(25)26;1-3-31-19-12-21-20(26-13-19)14-27(15-4-8-17(30-2)9-5-15)23(29)28(21)16-6-10-18(11-7-16)32-22(24)25/h2-11,23-24H,12-13H2,1H3;2-11,22H,12-13H2,1H3,(H,30,31);4-13,23H,3,14H2,1-2H3;4-13,22H,3,14H2,1-2H3.